The number of hydrogen-bond acceptors (Lipinski definition) is 2. The highest BCUT2D eigenvalue weighted by Crippen LogP contribution is 2.23. The molecular weight excluding hydrogens is 234 g/mol. The Morgan fingerprint density at radius 3 is 2.37 bits per heavy atom. The van der Waals surface area contributed by atoms with E-state index in [-0.39, 0.29) is 5.41 Å². The van der Waals surface area contributed by atoms with Crippen molar-refractivity contribution < 1.29 is 0 Å². The molecule has 0 N–H and O–H groups in total. The van der Waals surface area contributed by atoms with Crippen LogP contribution in [0.5, 0.6) is 0 Å². The highest BCUT2D eigenvalue weighted by Gasteiger charge is 2.13. The Hall–Kier alpha value is -2.08. The quantitative estimate of drug-likeness (QED) is 0.821. The van der Waals surface area contributed by atoms with E-state index in [1.54, 1.807) is 0 Å². The minimum Gasteiger partial charge on any atom is -0.238 e. The van der Waals surface area contributed by atoms with Gasteiger partial charge in [-0.3, -0.25) is 0 Å². The number of nitriles is 1. The van der Waals surface area contributed by atoms with Crippen LogP contribution in [0.15, 0.2) is 30.3 Å². The molecule has 0 atom stereocenters. The van der Waals surface area contributed by atoms with Crippen molar-refractivity contribution in [2.24, 2.45) is 0 Å². The van der Waals surface area contributed by atoms with Crippen LogP contribution in [0, 0.1) is 18.3 Å². The lowest BCUT2D eigenvalue weighted by Crippen LogP contribution is -2.11. The van der Waals surface area contributed by atoms with Crippen molar-refractivity contribution in [2.45, 2.75) is 39.5 Å². The van der Waals surface area contributed by atoms with Crippen LogP contribution in [0.4, 0.5) is 0 Å². The summed E-state index contributed by atoms with van der Waals surface area (Å²) in [6.07, 6.45) is 0.355. The molecule has 3 nitrogen and oxygen atoms in total. The molecule has 3 heteroatoms. The van der Waals surface area contributed by atoms with E-state index in [2.05, 4.69) is 56.2 Å². The lowest BCUT2D eigenvalue weighted by atomic mass is 9.87. The van der Waals surface area contributed by atoms with E-state index >= 15 is 0 Å². The van der Waals surface area contributed by atoms with Crippen molar-refractivity contribution in [1.82, 2.24) is 9.78 Å². The smallest absolute Gasteiger partial charge is 0.0793 e. The maximum atomic E-state index is 8.72. The van der Waals surface area contributed by atoms with Gasteiger partial charge in [-0.2, -0.15) is 10.4 Å². The standard InChI is InChI=1S/C16H19N3/c1-12-11-14(9-10-17)18-19(12)15-7-5-13(6-8-15)16(2,3)4/h5-8,11H,9H2,1-4H3. The van der Waals surface area contributed by atoms with Crippen LogP contribution in [-0.4, -0.2) is 9.78 Å². The number of aryl methyl sites for hydroxylation is 1. The molecule has 0 aliphatic carbocycles. The fourth-order valence-corrected chi connectivity index (χ4v) is 2.07. The third-order valence-corrected chi connectivity index (χ3v) is 3.18. The van der Waals surface area contributed by atoms with Crippen LogP contribution in [0.2, 0.25) is 0 Å². The zero-order valence-electron chi connectivity index (χ0n) is 11.9. The summed E-state index contributed by atoms with van der Waals surface area (Å²) >= 11 is 0. The molecule has 2 aromatic rings. The molecule has 0 bridgehead atoms. The Morgan fingerprint density at radius 2 is 1.84 bits per heavy atom. The summed E-state index contributed by atoms with van der Waals surface area (Å²) in [7, 11) is 0. The molecular formula is C16H19N3. The summed E-state index contributed by atoms with van der Waals surface area (Å²) in [5, 5.41) is 13.2. The molecule has 1 heterocycles. The molecule has 0 saturated carbocycles. The molecule has 0 radical (unpaired) electrons. The first-order valence-corrected chi connectivity index (χ1v) is 6.45. The molecule has 0 spiro atoms. The number of benzene rings is 1. The van der Waals surface area contributed by atoms with E-state index < -0.39 is 0 Å². The minimum atomic E-state index is 0.156. The first-order valence-electron chi connectivity index (χ1n) is 6.45. The van der Waals surface area contributed by atoms with E-state index in [0.29, 0.717) is 6.42 Å². The fourth-order valence-electron chi connectivity index (χ4n) is 2.07. The van der Waals surface area contributed by atoms with Gasteiger partial charge < -0.3 is 0 Å². The number of hydrogen-bond donors (Lipinski definition) is 0. The van der Waals surface area contributed by atoms with Gasteiger partial charge in [0.25, 0.3) is 0 Å². The zero-order chi connectivity index (χ0) is 14.0. The van der Waals surface area contributed by atoms with Crippen LogP contribution < -0.4 is 0 Å². The number of rotatable bonds is 2. The van der Waals surface area contributed by atoms with Crippen molar-refractivity contribution >= 4 is 0 Å². The lowest BCUT2D eigenvalue weighted by Gasteiger charge is -2.19. The van der Waals surface area contributed by atoms with Gasteiger partial charge in [0.2, 0.25) is 0 Å². The Morgan fingerprint density at radius 1 is 1.21 bits per heavy atom. The summed E-state index contributed by atoms with van der Waals surface area (Å²) < 4.78 is 1.89. The molecule has 2 rings (SSSR count). The second-order valence-electron chi connectivity index (χ2n) is 5.82. The van der Waals surface area contributed by atoms with Gasteiger partial charge in [0.05, 0.1) is 23.9 Å². The lowest BCUT2D eigenvalue weighted by molar-refractivity contribution is 0.590. The van der Waals surface area contributed by atoms with Crippen molar-refractivity contribution in [3.05, 3.63) is 47.3 Å². The highest BCUT2D eigenvalue weighted by molar-refractivity contribution is 5.38. The van der Waals surface area contributed by atoms with Crippen LogP contribution in [0.3, 0.4) is 0 Å². The molecule has 0 aliphatic rings. The molecule has 1 aromatic heterocycles. The van der Waals surface area contributed by atoms with Crippen LogP contribution in [0.1, 0.15) is 37.7 Å². The van der Waals surface area contributed by atoms with E-state index in [9.17, 15) is 0 Å². The Balaban J connectivity index is 2.35. The first kappa shape index (κ1) is 13.4. The van der Waals surface area contributed by atoms with Gasteiger partial charge in [0, 0.05) is 5.69 Å². The maximum Gasteiger partial charge on any atom is 0.0793 e. The minimum absolute atomic E-state index is 0.156. The monoisotopic (exact) mass is 253 g/mol. The van der Waals surface area contributed by atoms with Gasteiger partial charge >= 0.3 is 0 Å². The Labute approximate surface area is 114 Å². The summed E-state index contributed by atoms with van der Waals surface area (Å²) in [4.78, 5) is 0. The first-order chi connectivity index (χ1) is 8.91. The number of aromatic nitrogens is 2. The third-order valence-electron chi connectivity index (χ3n) is 3.18. The maximum absolute atomic E-state index is 8.72. The Kier molecular flexibility index (Phi) is 3.44. The van der Waals surface area contributed by atoms with Crippen molar-refractivity contribution in [1.29, 1.82) is 5.26 Å². The summed E-state index contributed by atoms with van der Waals surface area (Å²) in [5.41, 5.74) is 4.37. The van der Waals surface area contributed by atoms with Gasteiger partial charge in [-0.25, -0.2) is 4.68 Å². The van der Waals surface area contributed by atoms with Gasteiger partial charge in [-0.05, 0) is 36.1 Å². The predicted molar refractivity (Wildman–Crippen MR) is 76.3 cm³/mol. The third kappa shape index (κ3) is 2.85. The van der Waals surface area contributed by atoms with Crippen molar-refractivity contribution in [2.75, 3.05) is 0 Å². The number of nitrogens with zero attached hydrogens (tertiary/aromatic N) is 3. The second-order valence-corrected chi connectivity index (χ2v) is 5.82. The molecule has 0 fully saturated rings. The van der Waals surface area contributed by atoms with E-state index in [1.165, 1.54) is 5.56 Å². The van der Waals surface area contributed by atoms with Gasteiger partial charge in [0.15, 0.2) is 0 Å². The summed E-state index contributed by atoms with van der Waals surface area (Å²) in [5.74, 6) is 0. The van der Waals surface area contributed by atoms with Crippen LogP contribution in [-0.2, 0) is 11.8 Å². The summed E-state index contributed by atoms with van der Waals surface area (Å²) in [6.45, 7) is 8.61. The average Bonchev–Trinajstić information content (AvgIpc) is 2.70. The van der Waals surface area contributed by atoms with E-state index in [0.717, 1.165) is 17.1 Å². The van der Waals surface area contributed by atoms with Crippen molar-refractivity contribution in [3.8, 4) is 11.8 Å². The molecule has 1 aromatic carbocycles. The molecule has 98 valence electrons. The zero-order valence-corrected chi connectivity index (χ0v) is 11.9. The van der Waals surface area contributed by atoms with Crippen molar-refractivity contribution in [3.63, 3.8) is 0 Å². The molecule has 0 unspecified atom stereocenters. The SMILES string of the molecule is Cc1cc(CC#N)nn1-c1ccc(C(C)(C)C)cc1. The van der Waals surface area contributed by atoms with Gasteiger partial charge in [-0.1, -0.05) is 32.9 Å². The normalized spacial score (nSPS) is 11.3. The molecule has 0 amide bonds. The molecule has 19 heavy (non-hydrogen) atoms. The van der Waals surface area contributed by atoms with E-state index in [4.69, 9.17) is 5.26 Å². The highest BCUT2D eigenvalue weighted by atomic mass is 15.3. The van der Waals surface area contributed by atoms with Crippen LogP contribution >= 0.6 is 0 Å². The Bertz CT molecular complexity index is 607. The van der Waals surface area contributed by atoms with Gasteiger partial charge in [-0.15, -0.1) is 0 Å². The average molecular weight is 253 g/mol. The van der Waals surface area contributed by atoms with Crippen LogP contribution in [0.25, 0.3) is 5.69 Å². The predicted octanol–water partition coefficient (Wildman–Crippen LogP) is 3.54. The summed E-state index contributed by atoms with van der Waals surface area (Å²) in [6, 6.07) is 12.5. The second kappa shape index (κ2) is 4.89. The largest absolute Gasteiger partial charge is 0.238 e. The molecule has 0 saturated heterocycles. The van der Waals surface area contributed by atoms with E-state index in [1.807, 2.05) is 17.7 Å². The topological polar surface area (TPSA) is 41.6 Å². The van der Waals surface area contributed by atoms with Gasteiger partial charge in [0.1, 0.15) is 0 Å². The molecule has 0 aliphatic heterocycles. The fraction of sp³-hybridized carbons (Fsp3) is 0.375.